The van der Waals surface area contributed by atoms with Crippen LogP contribution in [0.1, 0.15) is 19.4 Å². The lowest BCUT2D eigenvalue weighted by atomic mass is 10.2. The zero-order chi connectivity index (χ0) is 19.8. The summed E-state index contributed by atoms with van der Waals surface area (Å²) in [4.78, 5) is 24.9. The number of aromatic nitrogens is 3. The van der Waals surface area contributed by atoms with Gasteiger partial charge in [-0.25, -0.2) is 19.5 Å². The smallest absolute Gasteiger partial charge is 0.409 e. The van der Waals surface area contributed by atoms with Crippen molar-refractivity contribution in [2.45, 2.75) is 20.4 Å². The Morgan fingerprint density at radius 3 is 2.68 bits per heavy atom. The molecule has 0 saturated carbocycles. The average molecular weight is 385 g/mol. The molecule has 150 valence electrons. The van der Waals surface area contributed by atoms with Gasteiger partial charge in [-0.15, -0.1) is 0 Å². The molecule has 2 aromatic heterocycles. The number of hydrogen-bond acceptors (Lipinski definition) is 5. The van der Waals surface area contributed by atoms with Crippen LogP contribution in [0.4, 0.5) is 4.79 Å². The number of carbonyl (C=O) groups excluding carboxylic acids is 1. The Balaban J connectivity index is 1.64. The summed E-state index contributed by atoms with van der Waals surface area (Å²) in [5.41, 5.74) is 1.06. The Morgan fingerprint density at radius 2 is 2.00 bits per heavy atom. The normalized spacial score (nSPS) is 14.9. The topological polar surface area (TPSA) is 87.9 Å². The van der Waals surface area contributed by atoms with Crippen LogP contribution in [0.5, 0.6) is 0 Å². The van der Waals surface area contributed by atoms with Crippen molar-refractivity contribution in [3.05, 3.63) is 42.4 Å². The molecule has 1 fully saturated rings. The zero-order valence-corrected chi connectivity index (χ0v) is 16.4. The van der Waals surface area contributed by atoms with Crippen molar-refractivity contribution < 1.29 is 9.53 Å². The Labute approximate surface area is 165 Å². The van der Waals surface area contributed by atoms with Gasteiger partial charge >= 0.3 is 6.09 Å². The maximum Gasteiger partial charge on any atom is 0.409 e. The second kappa shape index (κ2) is 9.72. The van der Waals surface area contributed by atoms with Gasteiger partial charge in [-0.3, -0.25) is 0 Å². The molecule has 0 radical (unpaired) electrons. The molecule has 0 aromatic carbocycles. The Kier molecular flexibility index (Phi) is 6.83. The van der Waals surface area contributed by atoms with Gasteiger partial charge in [-0.2, -0.15) is 5.10 Å². The number of rotatable bonds is 5. The van der Waals surface area contributed by atoms with Gasteiger partial charge in [0.25, 0.3) is 0 Å². The number of ether oxygens (including phenoxy) is 1. The van der Waals surface area contributed by atoms with E-state index in [9.17, 15) is 4.79 Å². The van der Waals surface area contributed by atoms with Gasteiger partial charge in [0.15, 0.2) is 11.8 Å². The molecule has 28 heavy (non-hydrogen) atoms. The molecule has 1 aliphatic heterocycles. The minimum absolute atomic E-state index is 0.243. The highest BCUT2D eigenvalue weighted by molar-refractivity contribution is 5.80. The lowest BCUT2D eigenvalue weighted by Gasteiger charge is -2.35. The van der Waals surface area contributed by atoms with Crippen LogP contribution in [0, 0.1) is 0 Å². The van der Waals surface area contributed by atoms with Crippen LogP contribution in [-0.2, 0) is 11.3 Å². The average Bonchev–Trinajstić information content (AvgIpc) is 3.27. The minimum Gasteiger partial charge on any atom is -0.450 e. The molecule has 1 aliphatic rings. The molecule has 3 rings (SSSR count). The van der Waals surface area contributed by atoms with Crippen molar-refractivity contribution in [1.29, 1.82) is 0 Å². The van der Waals surface area contributed by atoms with E-state index < -0.39 is 0 Å². The van der Waals surface area contributed by atoms with Gasteiger partial charge in [-0.1, -0.05) is 0 Å². The quantitative estimate of drug-likeness (QED) is 0.620. The van der Waals surface area contributed by atoms with Crippen LogP contribution in [0.25, 0.3) is 5.82 Å². The van der Waals surface area contributed by atoms with Gasteiger partial charge in [0, 0.05) is 51.3 Å². The molecule has 0 atom stereocenters. The summed E-state index contributed by atoms with van der Waals surface area (Å²) in [6, 6.07) is 5.81. The number of carbonyl (C=O) groups is 1. The van der Waals surface area contributed by atoms with E-state index in [-0.39, 0.29) is 6.09 Å². The van der Waals surface area contributed by atoms with Crippen LogP contribution in [0.15, 0.2) is 41.8 Å². The van der Waals surface area contributed by atoms with Crippen molar-refractivity contribution in [2.75, 3.05) is 39.3 Å². The molecule has 2 aromatic rings. The molecule has 1 N–H and O–H groups in total. The van der Waals surface area contributed by atoms with E-state index >= 15 is 0 Å². The number of nitrogens with zero attached hydrogens (tertiary/aromatic N) is 6. The van der Waals surface area contributed by atoms with Crippen molar-refractivity contribution in [3.63, 3.8) is 0 Å². The van der Waals surface area contributed by atoms with Gasteiger partial charge in [0.05, 0.1) is 13.2 Å². The molecule has 1 amide bonds. The summed E-state index contributed by atoms with van der Waals surface area (Å²) in [7, 11) is 0. The van der Waals surface area contributed by atoms with E-state index in [4.69, 9.17) is 9.73 Å². The number of guanidine groups is 1. The molecule has 0 unspecified atom stereocenters. The second-order valence-electron chi connectivity index (χ2n) is 6.32. The summed E-state index contributed by atoms with van der Waals surface area (Å²) in [6.07, 6.45) is 5.12. The summed E-state index contributed by atoms with van der Waals surface area (Å²) in [5, 5.41) is 7.56. The molecule has 9 heteroatoms. The summed E-state index contributed by atoms with van der Waals surface area (Å²) in [6.45, 7) is 8.29. The minimum atomic E-state index is -0.243. The van der Waals surface area contributed by atoms with Crippen molar-refractivity contribution in [2.24, 2.45) is 4.99 Å². The molecule has 0 spiro atoms. The summed E-state index contributed by atoms with van der Waals surface area (Å²) >= 11 is 0. The van der Waals surface area contributed by atoms with Crippen LogP contribution in [0.3, 0.4) is 0 Å². The second-order valence-corrected chi connectivity index (χ2v) is 6.32. The first-order valence-corrected chi connectivity index (χ1v) is 9.61. The third-order valence-corrected chi connectivity index (χ3v) is 4.40. The molecule has 1 saturated heterocycles. The van der Waals surface area contributed by atoms with E-state index in [0.29, 0.717) is 26.2 Å². The van der Waals surface area contributed by atoms with Crippen LogP contribution >= 0.6 is 0 Å². The summed E-state index contributed by atoms with van der Waals surface area (Å²) < 4.78 is 6.81. The highest BCUT2D eigenvalue weighted by Gasteiger charge is 2.23. The number of piperazine rings is 1. The third kappa shape index (κ3) is 4.99. The van der Waals surface area contributed by atoms with Gasteiger partial charge in [-0.05, 0) is 37.6 Å². The predicted molar refractivity (Wildman–Crippen MR) is 106 cm³/mol. The maximum atomic E-state index is 11.9. The van der Waals surface area contributed by atoms with Crippen LogP contribution in [0.2, 0.25) is 0 Å². The first-order chi connectivity index (χ1) is 13.7. The predicted octanol–water partition coefficient (Wildman–Crippen LogP) is 1.51. The Hall–Kier alpha value is -3.10. The number of aliphatic imine (C=N–C) groups is 1. The van der Waals surface area contributed by atoms with E-state index in [2.05, 4.69) is 20.3 Å². The fraction of sp³-hybridized carbons (Fsp3) is 0.474. The van der Waals surface area contributed by atoms with E-state index in [1.807, 2.05) is 38.2 Å². The number of nitrogens with one attached hydrogen (secondary N) is 1. The molecule has 9 nitrogen and oxygen atoms in total. The number of amides is 1. The molecule has 0 bridgehead atoms. The standard InChI is InChI=1S/C19H27N7O2/c1-3-20-18(24-10-12-25(13-11-24)19(27)28-4-2)22-15-16-6-8-21-17(14-16)26-9-5-7-23-26/h5-9,14H,3-4,10-13,15H2,1-2H3,(H,20,22). The Bertz CT molecular complexity index is 783. The highest BCUT2D eigenvalue weighted by Crippen LogP contribution is 2.09. The van der Waals surface area contributed by atoms with Gasteiger partial charge in [0.2, 0.25) is 0 Å². The number of hydrogen-bond donors (Lipinski definition) is 1. The summed E-state index contributed by atoms with van der Waals surface area (Å²) in [5.74, 6) is 1.62. The molecular formula is C19H27N7O2. The third-order valence-electron chi connectivity index (χ3n) is 4.40. The lowest BCUT2D eigenvalue weighted by molar-refractivity contribution is 0.0914. The largest absolute Gasteiger partial charge is 0.450 e. The van der Waals surface area contributed by atoms with E-state index in [1.54, 1.807) is 22.0 Å². The molecule has 0 aliphatic carbocycles. The molecule has 3 heterocycles. The zero-order valence-electron chi connectivity index (χ0n) is 16.4. The molecular weight excluding hydrogens is 358 g/mol. The van der Waals surface area contributed by atoms with Crippen molar-refractivity contribution >= 4 is 12.1 Å². The van der Waals surface area contributed by atoms with Crippen LogP contribution in [-0.4, -0.2) is 75.9 Å². The van der Waals surface area contributed by atoms with E-state index in [1.165, 1.54) is 0 Å². The monoisotopic (exact) mass is 385 g/mol. The van der Waals surface area contributed by atoms with Gasteiger partial charge < -0.3 is 19.9 Å². The lowest BCUT2D eigenvalue weighted by Crippen LogP contribution is -2.53. The van der Waals surface area contributed by atoms with Gasteiger partial charge in [0.1, 0.15) is 0 Å². The first-order valence-electron chi connectivity index (χ1n) is 9.61. The Morgan fingerprint density at radius 1 is 1.21 bits per heavy atom. The van der Waals surface area contributed by atoms with Crippen molar-refractivity contribution in [3.8, 4) is 5.82 Å². The highest BCUT2D eigenvalue weighted by atomic mass is 16.6. The van der Waals surface area contributed by atoms with Crippen LogP contribution < -0.4 is 5.32 Å². The first kappa shape index (κ1) is 19.7. The number of pyridine rings is 1. The maximum absolute atomic E-state index is 11.9. The van der Waals surface area contributed by atoms with E-state index in [0.717, 1.165) is 37.0 Å². The fourth-order valence-electron chi connectivity index (χ4n) is 3.00. The SMILES string of the molecule is CCNC(=NCc1ccnc(-n2cccn2)c1)N1CCN(C(=O)OCC)CC1. The van der Waals surface area contributed by atoms with Crippen molar-refractivity contribution in [1.82, 2.24) is 29.9 Å². The fourth-order valence-corrected chi connectivity index (χ4v) is 3.00.